The van der Waals surface area contributed by atoms with Gasteiger partial charge in [-0.1, -0.05) is 6.07 Å². The number of fused-ring (bicyclic) bond motifs is 1. The second kappa shape index (κ2) is 5.80. The Morgan fingerprint density at radius 3 is 3.00 bits per heavy atom. The maximum Gasteiger partial charge on any atom is 0.237 e. The Morgan fingerprint density at radius 2 is 2.29 bits per heavy atom. The van der Waals surface area contributed by atoms with Crippen LogP contribution in [0.3, 0.4) is 0 Å². The number of nitrogens with two attached hydrogens (primary N) is 1. The Labute approximate surface area is 111 Å². The minimum atomic E-state index is 0.168. The molecule has 1 aliphatic rings. The van der Waals surface area contributed by atoms with Gasteiger partial charge in [-0.05, 0) is 30.7 Å². The van der Waals surface area contributed by atoms with E-state index in [4.69, 9.17) is 5.73 Å². The maximum absolute atomic E-state index is 11.9. The number of thiol groups is 1. The normalized spacial score (nSPS) is 14.9. The van der Waals surface area contributed by atoms with Gasteiger partial charge >= 0.3 is 0 Å². The Kier molecular flexibility index (Phi) is 4.36. The van der Waals surface area contributed by atoms with Crippen molar-refractivity contribution in [2.75, 3.05) is 29.5 Å². The zero-order valence-corrected chi connectivity index (χ0v) is 11.3. The van der Waals surface area contributed by atoms with Crippen LogP contribution in [0.5, 0.6) is 0 Å². The highest BCUT2D eigenvalue weighted by Crippen LogP contribution is 2.35. The molecule has 0 atom stereocenters. The van der Waals surface area contributed by atoms with Gasteiger partial charge in [0, 0.05) is 17.2 Å². The van der Waals surface area contributed by atoms with Gasteiger partial charge in [-0.2, -0.15) is 12.6 Å². The highest BCUT2D eigenvalue weighted by atomic mass is 32.2. The van der Waals surface area contributed by atoms with Crippen molar-refractivity contribution in [1.82, 2.24) is 0 Å². The van der Waals surface area contributed by atoms with Crippen LogP contribution < -0.4 is 10.6 Å². The molecule has 1 amide bonds. The van der Waals surface area contributed by atoms with Crippen molar-refractivity contribution in [3.8, 4) is 0 Å². The highest BCUT2D eigenvalue weighted by molar-refractivity contribution is 8.00. The minimum Gasteiger partial charge on any atom is -0.330 e. The van der Waals surface area contributed by atoms with Crippen molar-refractivity contribution in [1.29, 1.82) is 0 Å². The molecule has 0 fully saturated rings. The number of benzene rings is 1. The first-order chi connectivity index (χ1) is 8.26. The van der Waals surface area contributed by atoms with Gasteiger partial charge < -0.3 is 10.6 Å². The summed E-state index contributed by atoms with van der Waals surface area (Å²) >= 11 is 5.82. The summed E-state index contributed by atoms with van der Waals surface area (Å²) in [6, 6.07) is 6.26. The van der Waals surface area contributed by atoms with Crippen LogP contribution in [0, 0.1) is 0 Å². The van der Waals surface area contributed by atoms with E-state index >= 15 is 0 Å². The summed E-state index contributed by atoms with van der Waals surface area (Å²) < 4.78 is 0. The minimum absolute atomic E-state index is 0.168. The van der Waals surface area contributed by atoms with Crippen LogP contribution in [0.25, 0.3) is 0 Å². The maximum atomic E-state index is 11.9. The van der Waals surface area contributed by atoms with Crippen molar-refractivity contribution in [3.63, 3.8) is 0 Å². The first kappa shape index (κ1) is 12.8. The third kappa shape index (κ3) is 2.78. The molecule has 3 nitrogen and oxygen atoms in total. The number of amides is 1. The predicted octanol–water partition coefficient (Wildman–Crippen LogP) is 1.56. The average molecular weight is 268 g/mol. The molecular formula is C12H16N2OS2. The summed E-state index contributed by atoms with van der Waals surface area (Å²) in [5.74, 6) is 1.37. The molecule has 0 unspecified atom stereocenters. The van der Waals surface area contributed by atoms with Crippen LogP contribution in [0.1, 0.15) is 5.56 Å². The molecule has 0 radical (unpaired) electrons. The van der Waals surface area contributed by atoms with E-state index in [-0.39, 0.29) is 5.91 Å². The summed E-state index contributed by atoms with van der Waals surface area (Å²) in [4.78, 5) is 14.9. The lowest BCUT2D eigenvalue weighted by Crippen LogP contribution is -2.36. The Hall–Kier alpha value is -0.650. The first-order valence-electron chi connectivity index (χ1n) is 5.63. The van der Waals surface area contributed by atoms with Crippen LogP contribution >= 0.6 is 24.4 Å². The van der Waals surface area contributed by atoms with E-state index in [2.05, 4.69) is 30.8 Å². The second-order valence-electron chi connectivity index (χ2n) is 3.90. The van der Waals surface area contributed by atoms with Crippen molar-refractivity contribution >= 4 is 36.0 Å². The van der Waals surface area contributed by atoms with Gasteiger partial charge in [0.15, 0.2) is 0 Å². The third-order valence-corrected chi connectivity index (χ3v) is 3.97. The molecule has 2 rings (SSSR count). The first-order valence-corrected chi connectivity index (χ1v) is 7.25. The molecule has 5 heteroatoms. The quantitative estimate of drug-likeness (QED) is 0.815. The standard InChI is InChI=1S/C12H16N2OS2/c13-4-3-9-1-2-11-10(7-9)14(5-6-16)12(15)8-17-11/h1-2,7,16H,3-6,8,13H2. The van der Waals surface area contributed by atoms with Gasteiger partial charge in [-0.15, -0.1) is 11.8 Å². The number of carbonyl (C=O) groups is 1. The fourth-order valence-corrected chi connectivity index (χ4v) is 3.03. The summed E-state index contributed by atoms with van der Waals surface area (Å²) in [6.07, 6.45) is 0.848. The van der Waals surface area contributed by atoms with E-state index in [1.54, 1.807) is 11.8 Å². The summed E-state index contributed by atoms with van der Waals surface area (Å²) in [5.41, 5.74) is 7.76. The molecule has 0 saturated carbocycles. The SMILES string of the molecule is NCCc1ccc2c(c1)N(CCS)C(=O)CS2. The molecule has 0 spiro atoms. The molecule has 92 valence electrons. The van der Waals surface area contributed by atoms with Gasteiger partial charge in [0.1, 0.15) is 0 Å². The zero-order chi connectivity index (χ0) is 12.3. The molecular weight excluding hydrogens is 252 g/mol. The third-order valence-electron chi connectivity index (χ3n) is 2.72. The van der Waals surface area contributed by atoms with Crippen LogP contribution in [0.4, 0.5) is 5.69 Å². The summed E-state index contributed by atoms with van der Waals surface area (Å²) in [5, 5.41) is 0. The molecule has 2 N–H and O–H groups in total. The van der Waals surface area contributed by atoms with Gasteiger partial charge in [-0.25, -0.2) is 0 Å². The number of hydrogen-bond donors (Lipinski definition) is 2. The zero-order valence-electron chi connectivity index (χ0n) is 9.56. The summed E-state index contributed by atoms with van der Waals surface area (Å²) in [7, 11) is 0. The van der Waals surface area contributed by atoms with E-state index in [0.29, 0.717) is 24.6 Å². The molecule has 1 aromatic rings. The number of nitrogens with zero attached hydrogens (tertiary/aromatic N) is 1. The Morgan fingerprint density at radius 1 is 1.47 bits per heavy atom. The molecule has 0 aliphatic carbocycles. The molecule has 1 aliphatic heterocycles. The lowest BCUT2D eigenvalue weighted by atomic mass is 10.1. The number of hydrogen-bond acceptors (Lipinski definition) is 4. The van der Waals surface area contributed by atoms with E-state index < -0.39 is 0 Å². The van der Waals surface area contributed by atoms with Crippen LogP contribution in [-0.4, -0.2) is 30.5 Å². The van der Waals surface area contributed by atoms with Gasteiger partial charge in [0.05, 0.1) is 11.4 Å². The van der Waals surface area contributed by atoms with E-state index in [1.165, 1.54) is 10.5 Å². The molecule has 1 aromatic carbocycles. The lowest BCUT2D eigenvalue weighted by Gasteiger charge is -2.29. The number of anilines is 1. The number of thioether (sulfide) groups is 1. The second-order valence-corrected chi connectivity index (χ2v) is 5.36. The Bertz CT molecular complexity index is 423. The van der Waals surface area contributed by atoms with Crippen LogP contribution in [0.2, 0.25) is 0 Å². The molecule has 1 heterocycles. The topological polar surface area (TPSA) is 46.3 Å². The largest absolute Gasteiger partial charge is 0.330 e. The Balaban J connectivity index is 2.34. The van der Waals surface area contributed by atoms with Crippen molar-refractivity contribution in [3.05, 3.63) is 23.8 Å². The molecule has 17 heavy (non-hydrogen) atoms. The molecule has 0 bridgehead atoms. The predicted molar refractivity (Wildman–Crippen MR) is 76.1 cm³/mol. The van der Waals surface area contributed by atoms with E-state index in [9.17, 15) is 4.79 Å². The summed E-state index contributed by atoms with van der Waals surface area (Å²) in [6.45, 7) is 1.30. The average Bonchev–Trinajstić information content (AvgIpc) is 2.33. The smallest absolute Gasteiger partial charge is 0.237 e. The fraction of sp³-hybridized carbons (Fsp3) is 0.417. The van der Waals surface area contributed by atoms with Crippen LogP contribution in [0.15, 0.2) is 23.1 Å². The van der Waals surface area contributed by atoms with Gasteiger partial charge in [0.2, 0.25) is 5.91 Å². The highest BCUT2D eigenvalue weighted by Gasteiger charge is 2.24. The van der Waals surface area contributed by atoms with Crippen LogP contribution in [-0.2, 0) is 11.2 Å². The fourth-order valence-electron chi connectivity index (χ4n) is 1.92. The van der Waals surface area contributed by atoms with Gasteiger partial charge in [-0.3, -0.25) is 4.79 Å². The number of rotatable bonds is 4. The van der Waals surface area contributed by atoms with Gasteiger partial charge in [0.25, 0.3) is 0 Å². The molecule has 0 aromatic heterocycles. The number of carbonyl (C=O) groups excluding carboxylic acids is 1. The molecule has 0 saturated heterocycles. The van der Waals surface area contributed by atoms with Crippen molar-refractivity contribution < 1.29 is 4.79 Å². The van der Waals surface area contributed by atoms with E-state index in [1.807, 2.05) is 4.90 Å². The lowest BCUT2D eigenvalue weighted by molar-refractivity contribution is -0.116. The van der Waals surface area contributed by atoms with Crippen molar-refractivity contribution in [2.45, 2.75) is 11.3 Å². The van der Waals surface area contributed by atoms with Crippen molar-refractivity contribution in [2.24, 2.45) is 5.73 Å². The van der Waals surface area contributed by atoms with E-state index in [0.717, 1.165) is 12.1 Å². The monoisotopic (exact) mass is 268 g/mol.